The molecule has 2 aromatic heterocycles. The second-order valence-corrected chi connectivity index (χ2v) is 7.21. The van der Waals surface area contributed by atoms with Gasteiger partial charge in [0.15, 0.2) is 5.76 Å². The quantitative estimate of drug-likeness (QED) is 0.646. The fraction of sp³-hybridized carbons (Fsp3) is 0.381. The third kappa shape index (κ3) is 5.46. The van der Waals surface area contributed by atoms with E-state index >= 15 is 0 Å². The van der Waals surface area contributed by atoms with Crippen molar-refractivity contribution < 1.29 is 9.32 Å². The minimum Gasteiger partial charge on any atom is -0.356 e. The van der Waals surface area contributed by atoms with E-state index in [-0.39, 0.29) is 18.3 Å². The normalized spacial score (nSPS) is 13.3. The molecule has 8 heteroatoms. The van der Waals surface area contributed by atoms with Gasteiger partial charge in [-0.05, 0) is 26.0 Å². The number of halogens is 1. The predicted molar refractivity (Wildman–Crippen MR) is 113 cm³/mol. The molecule has 3 heterocycles. The Morgan fingerprint density at radius 2 is 2.07 bits per heavy atom. The third-order valence-corrected chi connectivity index (χ3v) is 4.91. The summed E-state index contributed by atoms with van der Waals surface area (Å²) in [6.07, 6.45) is 2.13. The van der Waals surface area contributed by atoms with Crippen LogP contribution < -0.4 is 10.6 Å². The first-order valence-electron chi connectivity index (χ1n) is 9.73. The molecular formula is C21H26ClN5O2. The van der Waals surface area contributed by atoms with Crippen LogP contribution in [0.5, 0.6) is 0 Å². The molecule has 1 aromatic carbocycles. The molecular weight excluding hydrogens is 390 g/mol. The molecule has 29 heavy (non-hydrogen) atoms. The summed E-state index contributed by atoms with van der Waals surface area (Å²) < 4.78 is 7.44. The number of nitrogens with one attached hydrogen (secondary N) is 2. The molecule has 2 N–H and O–H groups in total. The maximum absolute atomic E-state index is 12.2. The minimum atomic E-state index is -0.0128. The van der Waals surface area contributed by atoms with Crippen LogP contribution in [0.25, 0.3) is 11.3 Å². The van der Waals surface area contributed by atoms with Crippen LogP contribution in [0, 0.1) is 6.92 Å². The van der Waals surface area contributed by atoms with Crippen molar-refractivity contribution in [3.05, 3.63) is 59.0 Å². The Morgan fingerprint density at radius 1 is 1.24 bits per heavy atom. The van der Waals surface area contributed by atoms with Crippen molar-refractivity contribution in [1.29, 1.82) is 0 Å². The summed E-state index contributed by atoms with van der Waals surface area (Å²) >= 11 is 0. The predicted octanol–water partition coefficient (Wildman–Crippen LogP) is 3.01. The molecule has 0 atom stereocenters. The van der Waals surface area contributed by atoms with E-state index in [0.717, 1.165) is 37.3 Å². The maximum atomic E-state index is 12.2. The lowest BCUT2D eigenvalue weighted by molar-refractivity contribution is -0.121. The first-order valence-corrected chi connectivity index (χ1v) is 9.73. The van der Waals surface area contributed by atoms with Gasteiger partial charge in [0.2, 0.25) is 5.91 Å². The van der Waals surface area contributed by atoms with Gasteiger partial charge in [-0.15, -0.1) is 12.4 Å². The monoisotopic (exact) mass is 415 g/mol. The van der Waals surface area contributed by atoms with E-state index in [2.05, 4.69) is 31.6 Å². The Bertz CT molecular complexity index is 925. The first kappa shape index (κ1) is 21.1. The molecule has 0 spiro atoms. The van der Waals surface area contributed by atoms with Gasteiger partial charge in [0.1, 0.15) is 5.69 Å². The van der Waals surface area contributed by atoms with Crippen LogP contribution in [0.1, 0.15) is 35.5 Å². The number of amides is 1. The van der Waals surface area contributed by atoms with Crippen LogP contribution in [0.2, 0.25) is 0 Å². The lowest BCUT2D eigenvalue weighted by Gasteiger charge is -2.02. The van der Waals surface area contributed by atoms with Crippen molar-refractivity contribution in [2.75, 3.05) is 6.54 Å². The van der Waals surface area contributed by atoms with E-state index in [1.807, 2.05) is 37.3 Å². The average molecular weight is 416 g/mol. The van der Waals surface area contributed by atoms with E-state index in [0.29, 0.717) is 30.8 Å². The van der Waals surface area contributed by atoms with Gasteiger partial charge in [0, 0.05) is 37.6 Å². The van der Waals surface area contributed by atoms with Gasteiger partial charge in [-0.25, -0.2) is 0 Å². The zero-order valence-corrected chi connectivity index (χ0v) is 17.3. The van der Waals surface area contributed by atoms with Gasteiger partial charge in [-0.3, -0.25) is 9.48 Å². The van der Waals surface area contributed by atoms with Crippen molar-refractivity contribution in [2.24, 2.45) is 0 Å². The van der Waals surface area contributed by atoms with E-state index in [1.54, 1.807) is 0 Å². The van der Waals surface area contributed by atoms with Crippen LogP contribution in [-0.2, 0) is 30.8 Å². The summed E-state index contributed by atoms with van der Waals surface area (Å²) in [4.78, 5) is 12.2. The highest BCUT2D eigenvalue weighted by molar-refractivity contribution is 5.85. The molecule has 0 fully saturated rings. The Hall–Kier alpha value is -2.64. The molecule has 4 rings (SSSR count). The van der Waals surface area contributed by atoms with Gasteiger partial charge in [0.25, 0.3) is 0 Å². The SMILES string of the molecule is Cc1ccc(-c2cc(CNC(=O)CCc3cc4n(n3)CCCNC4)no2)cc1.Cl. The van der Waals surface area contributed by atoms with Gasteiger partial charge in [-0.2, -0.15) is 5.10 Å². The van der Waals surface area contributed by atoms with Gasteiger partial charge in [0.05, 0.1) is 17.9 Å². The average Bonchev–Trinajstić information content (AvgIpc) is 3.27. The lowest BCUT2D eigenvalue weighted by atomic mass is 10.1. The minimum absolute atomic E-state index is 0. The molecule has 1 aliphatic heterocycles. The fourth-order valence-corrected chi connectivity index (χ4v) is 3.31. The summed E-state index contributed by atoms with van der Waals surface area (Å²) in [7, 11) is 0. The van der Waals surface area contributed by atoms with Crippen LogP contribution in [-0.4, -0.2) is 27.4 Å². The number of nitrogens with zero attached hydrogens (tertiary/aromatic N) is 3. The standard InChI is InChI=1S/C21H25N5O2.ClH/c1-15-3-5-16(6-4-15)20-12-18(25-28-20)13-23-21(27)8-7-17-11-19-14-22-9-2-10-26(19)24-17;/h3-6,11-12,22H,2,7-10,13-14H2,1H3,(H,23,27);1H. The molecule has 1 aliphatic rings. The number of carbonyl (C=O) groups is 1. The second-order valence-electron chi connectivity index (χ2n) is 7.21. The van der Waals surface area contributed by atoms with Crippen molar-refractivity contribution in [1.82, 2.24) is 25.6 Å². The number of hydrogen-bond acceptors (Lipinski definition) is 5. The Balaban J connectivity index is 0.00000240. The first-order chi connectivity index (χ1) is 13.7. The summed E-state index contributed by atoms with van der Waals surface area (Å²) in [6.45, 7) is 5.20. The molecule has 1 amide bonds. The van der Waals surface area contributed by atoms with Gasteiger partial charge < -0.3 is 15.2 Å². The number of aromatic nitrogens is 3. The van der Waals surface area contributed by atoms with E-state index < -0.39 is 0 Å². The molecule has 7 nitrogen and oxygen atoms in total. The highest BCUT2D eigenvalue weighted by Crippen LogP contribution is 2.20. The van der Waals surface area contributed by atoms with Crippen LogP contribution in [0.15, 0.2) is 40.9 Å². The van der Waals surface area contributed by atoms with Crippen LogP contribution in [0.3, 0.4) is 0 Å². The molecule has 0 aliphatic carbocycles. The van der Waals surface area contributed by atoms with Crippen LogP contribution in [0.4, 0.5) is 0 Å². The third-order valence-electron chi connectivity index (χ3n) is 4.91. The van der Waals surface area contributed by atoms with E-state index in [9.17, 15) is 4.79 Å². The van der Waals surface area contributed by atoms with Crippen LogP contribution >= 0.6 is 12.4 Å². The number of rotatable bonds is 6. The summed E-state index contributed by atoms with van der Waals surface area (Å²) in [5.41, 5.74) is 5.05. The smallest absolute Gasteiger partial charge is 0.220 e. The fourth-order valence-electron chi connectivity index (χ4n) is 3.31. The Morgan fingerprint density at radius 3 is 2.90 bits per heavy atom. The zero-order valence-electron chi connectivity index (χ0n) is 16.5. The molecule has 0 saturated heterocycles. The van der Waals surface area contributed by atoms with E-state index in [1.165, 1.54) is 11.3 Å². The highest BCUT2D eigenvalue weighted by atomic mass is 35.5. The maximum Gasteiger partial charge on any atom is 0.220 e. The topological polar surface area (TPSA) is 85.0 Å². The number of aryl methyl sites for hydroxylation is 3. The Kier molecular flexibility index (Phi) is 7.06. The van der Waals surface area contributed by atoms with E-state index in [4.69, 9.17) is 4.52 Å². The number of hydrogen-bond donors (Lipinski definition) is 2. The molecule has 154 valence electrons. The van der Waals surface area contributed by atoms with Crippen molar-refractivity contribution in [2.45, 2.75) is 45.8 Å². The molecule has 0 saturated carbocycles. The molecule has 0 bridgehead atoms. The second kappa shape index (κ2) is 9.71. The van der Waals surface area contributed by atoms with Crippen molar-refractivity contribution >= 4 is 18.3 Å². The number of benzene rings is 1. The number of carbonyl (C=O) groups excluding carboxylic acids is 1. The largest absolute Gasteiger partial charge is 0.356 e. The van der Waals surface area contributed by atoms with Crippen molar-refractivity contribution in [3.8, 4) is 11.3 Å². The molecule has 0 radical (unpaired) electrons. The summed E-state index contributed by atoms with van der Waals surface area (Å²) in [5, 5.41) is 14.9. The lowest BCUT2D eigenvalue weighted by Crippen LogP contribution is -2.23. The summed E-state index contributed by atoms with van der Waals surface area (Å²) in [6, 6.07) is 12.0. The Labute approximate surface area is 176 Å². The number of fused-ring (bicyclic) bond motifs is 1. The van der Waals surface area contributed by atoms with Gasteiger partial charge in [-0.1, -0.05) is 35.0 Å². The molecule has 0 unspecified atom stereocenters. The molecule has 3 aromatic rings. The van der Waals surface area contributed by atoms with Crippen molar-refractivity contribution in [3.63, 3.8) is 0 Å². The van der Waals surface area contributed by atoms with Gasteiger partial charge >= 0.3 is 0 Å². The zero-order chi connectivity index (χ0) is 19.3. The summed E-state index contributed by atoms with van der Waals surface area (Å²) in [5.74, 6) is 0.693. The highest BCUT2D eigenvalue weighted by Gasteiger charge is 2.12.